The van der Waals surface area contributed by atoms with E-state index in [0.29, 0.717) is 11.6 Å². The van der Waals surface area contributed by atoms with Crippen LogP contribution in [0.3, 0.4) is 0 Å². The lowest BCUT2D eigenvalue weighted by Gasteiger charge is -2.34. The van der Waals surface area contributed by atoms with Gasteiger partial charge < -0.3 is 10.2 Å². The van der Waals surface area contributed by atoms with Crippen LogP contribution in [-0.2, 0) is 5.41 Å². The number of nitrogens with two attached hydrogens (primary N) is 1. The van der Waals surface area contributed by atoms with Crippen molar-refractivity contribution in [1.29, 1.82) is 0 Å². The molecule has 18 heavy (non-hydrogen) atoms. The second kappa shape index (κ2) is 4.60. The molecule has 3 rings (SSSR count). The first-order chi connectivity index (χ1) is 8.73. The highest BCUT2D eigenvalue weighted by Gasteiger charge is 2.35. The second-order valence-corrected chi connectivity index (χ2v) is 5.77. The quantitative estimate of drug-likeness (QED) is 0.880. The van der Waals surface area contributed by atoms with Crippen LogP contribution in [0.25, 0.3) is 11.0 Å². The number of furan rings is 1. The normalized spacial score (nSPS) is 19.2. The van der Waals surface area contributed by atoms with Crippen LogP contribution in [0, 0.1) is 0 Å². The van der Waals surface area contributed by atoms with Crippen LogP contribution in [0.15, 0.2) is 28.7 Å². The standard InChI is InChI=1S/C15H18ClNO/c16-12-5-4-11-8-14(18-13(11)9-12)15(10-17)6-2-1-3-7-15/h4-5,8-9H,1-3,6-7,10,17H2. The summed E-state index contributed by atoms with van der Waals surface area (Å²) in [5, 5.41) is 1.83. The molecule has 1 aliphatic rings. The Morgan fingerprint density at radius 2 is 1.94 bits per heavy atom. The molecule has 1 aromatic heterocycles. The maximum absolute atomic E-state index is 6.04. The highest BCUT2D eigenvalue weighted by Crippen LogP contribution is 2.41. The molecule has 0 radical (unpaired) electrons. The van der Waals surface area contributed by atoms with Gasteiger partial charge in [-0.15, -0.1) is 0 Å². The van der Waals surface area contributed by atoms with Crippen LogP contribution >= 0.6 is 11.6 Å². The summed E-state index contributed by atoms with van der Waals surface area (Å²) in [7, 11) is 0. The molecule has 0 amide bonds. The fourth-order valence-corrected chi connectivity index (χ4v) is 3.21. The third-order valence-electron chi connectivity index (χ3n) is 4.21. The van der Waals surface area contributed by atoms with Gasteiger partial charge in [0.2, 0.25) is 0 Å². The predicted molar refractivity (Wildman–Crippen MR) is 75.0 cm³/mol. The van der Waals surface area contributed by atoms with Crippen LogP contribution in [0.2, 0.25) is 5.02 Å². The molecule has 96 valence electrons. The van der Waals surface area contributed by atoms with E-state index in [1.54, 1.807) is 0 Å². The van der Waals surface area contributed by atoms with Crippen molar-refractivity contribution in [2.45, 2.75) is 37.5 Å². The van der Waals surface area contributed by atoms with Crippen molar-refractivity contribution in [3.63, 3.8) is 0 Å². The summed E-state index contributed by atoms with van der Waals surface area (Å²) in [6.07, 6.45) is 6.08. The van der Waals surface area contributed by atoms with Crippen LogP contribution in [0.5, 0.6) is 0 Å². The zero-order chi connectivity index (χ0) is 12.6. The van der Waals surface area contributed by atoms with E-state index in [-0.39, 0.29) is 5.41 Å². The molecule has 0 bridgehead atoms. The van der Waals surface area contributed by atoms with Gasteiger partial charge in [0.25, 0.3) is 0 Å². The van der Waals surface area contributed by atoms with E-state index in [9.17, 15) is 0 Å². The predicted octanol–water partition coefficient (Wildman–Crippen LogP) is 4.25. The molecular weight excluding hydrogens is 246 g/mol. The van der Waals surface area contributed by atoms with Gasteiger partial charge in [-0.05, 0) is 31.0 Å². The maximum Gasteiger partial charge on any atom is 0.135 e. The molecule has 0 saturated heterocycles. The fraction of sp³-hybridized carbons (Fsp3) is 0.467. The summed E-state index contributed by atoms with van der Waals surface area (Å²) in [6.45, 7) is 0.667. The Labute approximate surface area is 112 Å². The molecule has 1 aliphatic carbocycles. The molecule has 1 aromatic carbocycles. The first-order valence-electron chi connectivity index (χ1n) is 6.63. The van der Waals surface area contributed by atoms with Gasteiger partial charge in [-0.3, -0.25) is 0 Å². The molecule has 3 heteroatoms. The maximum atomic E-state index is 6.04. The molecule has 2 nitrogen and oxygen atoms in total. The Balaban J connectivity index is 2.06. The van der Waals surface area contributed by atoms with Crippen molar-refractivity contribution < 1.29 is 4.42 Å². The molecule has 1 fully saturated rings. The number of hydrogen-bond donors (Lipinski definition) is 1. The zero-order valence-electron chi connectivity index (χ0n) is 10.4. The number of halogens is 1. The third-order valence-corrected chi connectivity index (χ3v) is 4.44. The van der Waals surface area contributed by atoms with Gasteiger partial charge in [-0.2, -0.15) is 0 Å². The number of benzene rings is 1. The second-order valence-electron chi connectivity index (χ2n) is 5.34. The Hall–Kier alpha value is -0.990. The lowest BCUT2D eigenvalue weighted by Crippen LogP contribution is -2.36. The molecule has 0 atom stereocenters. The summed E-state index contributed by atoms with van der Waals surface area (Å²) < 4.78 is 6.02. The average Bonchev–Trinajstić information content (AvgIpc) is 2.83. The van der Waals surface area contributed by atoms with Crippen molar-refractivity contribution >= 4 is 22.6 Å². The van der Waals surface area contributed by atoms with Crippen molar-refractivity contribution in [3.8, 4) is 0 Å². The molecule has 2 aromatic rings. The number of hydrogen-bond acceptors (Lipinski definition) is 2. The van der Waals surface area contributed by atoms with E-state index in [4.69, 9.17) is 21.8 Å². The highest BCUT2D eigenvalue weighted by molar-refractivity contribution is 6.31. The van der Waals surface area contributed by atoms with E-state index in [0.717, 1.165) is 29.6 Å². The third kappa shape index (κ3) is 1.94. The Morgan fingerprint density at radius 1 is 1.17 bits per heavy atom. The highest BCUT2D eigenvalue weighted by atomic mass is 35.5. The van der Waals surface area contributed by atoms with E-state index >= 15 is 0 Å². The van der Waals surface area contributed by atoms with Crippen LogP contribution in [-0.4, -0.2) is 6.54 Å². The zero-order valence-corrected chi connectivity index (χ0v) is 11.2. The van der Waals surface area contributed by atoms with E-state index in [1.807, 2.05) is 18.2 Å². The average molecular weight is 264 g/mol. The molecule has 0 spiro atoms. The number of fused-ring (bicyclic) bond motifs is 1. The van der Waals surface area contributed by atoms with Crippen molar-refractivity contribution in [3.05, 3.63) is 35.0 Å². The van der Waals surface area contributed by atoms with E-state index < -0.39 is 0 Å². The Kier molecular flexibility index (Phi) is 3.08. The summed E-state index contributed by atoms with van der Waals surface area (Å²) in [4.78, 5) is 0. The Morgan fingerprint density at radius 3 is 2.67 bits per heavy atom. The molecule has 1 heterocycles. The van der Waals surface area contributed by atoms with Gasteiger partial charge in [-0.1, -0.05) is 30.9 Å². The molecule has 1 saturated carbocycles. The summed E-state index contributed by atoms with van der Waals surface area (Å²) in [5.41, 5.74) is 6.95. The minimum absolute atomic E-state index is 0.0454. The van der Waals surface area contributed by atoms with Crippen LogP contribution < -0.4 is 5.73 Å². The van der Waals surface area contributed by atoms with Gasteiger partial charge in [0.1, 0.15) is 11.3 Å². The van der Waals surface area contributed by atoms with Crippen molar-refractivity contribution in [1.82, 2.24) is 0 Å². The SMILES string of the molecule is NCC1(c2cc3ccc(Cl)cc3o2)CCCCC1. The lowest BCUT2D eigenvalue weighted by atomic mass is 9.72. The summed E-state index contributed by atoms with van der Waals surface area (Å²) in [6, 6.07) is 7.94. The van der Waals surface area contributed by atoms with Crippen molar-refractivity contribution in [2.24, 2.45) is 5.73 Å². The molecule has 0 aliphatic heterocycles. The van der Waals surface area contributed by atoms with Crippen LogP contribution in [0.4, 0.5) is 0 Å². The summed E-state index contributed by atoms with van der Waals surface area (Å²) >= 11 is 6.00. The van der Waals surface area contributed by atoms with E-state index in [2.05, 4.69) is 6.07 Å². The minimum Gasteiger partial charge on any atom is -0.460 e. The fourth-order valence-electron chi connectivity index (χ4n) is 3.05. The number of rotatable bonds is 2. The smallest absolute Gasteiger partial charge is 0.135 e. The van der Waals surface area contributed by atoms with Crippen LogP contribution in [0.1, 0.15) is 37.9 Å². The molecule has 0 unspecified atom stereocenters. The Bertz CT molecular complexity index is 555. The topological polar surface area (TPSA) is 39.2 Å². The van der Waals surface area contributed by atoms with Gasteiger partial charge >= 0.3 is 0 Å². The summed E-state index contributed by atoms with van der Waals surface area (Å²) in [5.74, 6) is 1.04. The van der Waals surface area contributed by atoms with Gasteiger partial charge in [0, 0.05) is 28.4 Å². The minimum atomic E-state index is 0.0454. The lowest BCUT2D eigenvalue weighted by molar-refractivity contribution is 0.257. The first kappa shape index (κ1) is 12.1. The van der Waals surface area contributed by atoms with Gasteiger partial charge in [0.05, 0.1) is 0 Å². The van der Waals surface area contributed by atoms with Gasteiger partial charge in [0.15, 0.2) is 0 Å². The molecule has 2 N–H and O–H groups in total. The first-order valence-corrected chi connectivity index (χ1v) is 7.01. The van der Waals surface area contributed by atoms with Gasteiger partial charge in [-0.25, -0.2) is 0 Å². The van der Waals surface area contributed by atoms with E-state index in [1.165, 1.54) is 19.3 Å². The monoisotopic (exact) mass is 263 g/mol. The van der Waals surface area contributed by atoms with Crippen molar-refractivity contribution in [2.75, 3.05) is 6.54 Å². The molecular formula is C15H18ClNO. The largest absolute Gasteiger partial charge is 0.460 e.